The minimum Gasteiger partial charge on any atom is -0.507 e. The molecule has 10 nitrogen and oxygen atoms in total. The van der Waals surface area contributed by atoms with Crippen LogP contribution in [0, 0.1) is 23.7 Å². The third kappa shape index (κ3) is 3.70. The molecular formula is C28H25ClN2O8. The van der Waals surface area contributed by atoms with Gasteiger partial charge in [0.05, 0.1) is 29.5 Å². The highest BCUT2D eigenvalue weighted by molar-refractivity contribution is 6.33. The lowest BCUT2D eigenvalue weighted by molar-refractivity contribution is -0.192. The van der Waals surface area contributed by atoms with E-state index in [4.69, 9.17) is 17.3 Å². The maximum atomic E-state index is 14.1. The number of amides is 1. The van der Waals surface area contributed by atoms with E-state index >= 15 is 0 Å². The summed E-state index contributed by atoms with van der Waals surface area (Å²) in [5, 5.41) is 34.6. The predicted molar refractivity (Wildman–Crippen MR) is 138 cm³/mol. The van der Waals surface area contributed by atoms with Gasteiger partial charge in [0, 0.05) is 10.9 Å². The van der Waals surface area contributed by atoms with Crippen molar-refractivity contribution in [3.63, 3.8) is 0 Å². The van der Waals surface area contributed by atoms with Gasteiger partial charge >= 0.3 is 0 Å². The molecule has 0 spiro atoms. The van der Waals surface area contributed by atoms with Crippen molar-refractivity contribution >= 4 is 52.3 Å². The minimum absolute atomic E-state index is 0.218. The van der Waals surface area contributed by atoms with Crippen LogP contribution in [0.5, 0.6) is 5.75 Å². The highest BCUT2D eigenvalue weighted by atomic mass is 35.5. The maximum Gasteiger partial charge on any atom is 0.235 e. The first-order chi connectivity index (χ1) is 18.3. The summed E-state index contributed by atoms with van der Waals surface area (Å²) < 4.78 is 0. The van der Waals surface area contributed by atoms with Gasteiger partial charge in [-0.3, -0.25) is 28.9 Å². The van der Waals surface area contributed by atoms with Gasteiger partial charge in [0.15, 0.2) is 34.7 Å². The van der Waals surface area contributed by atoms with Crippen LogP contribution < -0.4 is 5.73 Å². The second-order valence-electron chi connectivity index (χ2n) is 10.4. The average Bonchev–Trinajstić information content (AvgIpc) is 2.85. The molecule has 3 aliphatic rings. The number of hydrogen-bond donors (Lipinski definition) is 4. The average molecular weight is 553 g/mol. The number of rotatable bonds is 3. The van der Waals surface area contributed by atoms with Gasteiger partial charge in [0.2, 0.25) is 5.91 Å². The van der Waals surface area contributed by atoms with Crippen LogP contribution in [0.3, 0.4) is 0 Å². The zero-order chi connectivity index (χ0) is 28.5. The molecule has 2 fully saturated rings. The van der Waals surface area contributed by atoms with Gasteiger partial charge < -0.3 is 21.1 Å². The van der Waals surface area contributed by atoms with E-state index in [2.05, 4.69) is 0 Å². The van der Waals surface area contributed by atoms with E-state index in [0.29, 0.717) is 10.6 Å². The van der Waals surface area contributed by atoms with Crippen molar-refractivity contribution < 1.29 is 39.3 Å². The molecule has 7 atom stereocenters. The van der Waals surface area contributed by atoms with E-state index in [1.54, 1.807) is 36.4 Å². The number of aromatic hydroxyl groups is 1. The summed E-state index contributed by atoms with van der Waals surface area (Å²) in [5.41, 5.74) is 3.10. The monoisotopic (exact) mass is 552 g/mol. The second kappa shape index (κ2) is 9.20. The number of ketones is 4. The Balaban J connectivity index is 1.80. The Kier molecular flexibility index (Phi) is 6.34. The zero-order valence-electron chi connectivity index (χ0n) is 20.9. The number of Topliss-reactive ketones (excluding diaryl/α,β-unsaturated/α-hetero) is 4. The van der Waals surface area contributed by atoms with Gasteiger partial charge in [-0.15, -0.1) is 0 Å². The summed E-state index contributed by atoms with van der Waals surface area (Å²) in [7, 11) is 2.87. The number of aliphatic hydroxyl groups is 2. The number of fused-ring (bicyclic) bond motifs is 3. The molecule has 2 saturated carbocycles. The Labute approximate surface area is 227 Å². The molecule has 3 aliphatic carbocycles. The Morgan fingerprint density at radius 3 is 2.36 bits per heavy atom. The lowest BCUT2D eigenvalue weighted by atomic mass is 9.50. The second-order valence-corrected chi connectivity index (χ2v) is 10.8. The zero-order valence-corrected chi connectivity index (χ0v) is 21.6. The smallest absolute Gasteiger partial charge is 0.235 e. The van der Waals surface area contributed by atoms with E-state index in [1.165, 1.54) is 31.1 Å². The fraction of sp³-hybridized carbons (Fsp3) is 0.321. The van der Waals surface area contributed by atoms with Gasteiger partial charge in [0.25, 0.3) is 0 Å². The van der Waals surface area contributed by atoms with E-state index in [9.17, 15) is 39.3 Å². The Hall–Kier alpha value is -3.70. The molecule has 0 aliphatic heterocycles. The molecule has 2 aromatic rings. The summed E-state index contributed by atoms with van der Waals surface area (Å²) in [4.78, 5) is 68.1. The van der Waals surface area contributed by atoms with Crippen molar-refractivity contribution in [2.75, 3.05) is 14.1 Å². The van der Waals surface area contributed by atoms with Crippen molar-refractivity contribution in [1.29, 1.82) is 0 Å². The number of nitrogens with two attached hydrogens (primary N) is 1. The van der Waals surface area contributed by atoms with Crippen LogP contribution in [0.15, 0.2) is 42.5 Å². The van der Waals surface area contributed by atoms with Gasteiger partial charge in [-0.2, -0.15) is 0 Å². The number of benzene rings is 2. The maximum absolute atomic E-state index is 14.1. The first-order valence-corrected chi connectivity index (χ1v) is 12.5. The first kappa shape index (κ1) is 26.9. The van der Waals surface area contributed by atoms with Crippen LogP contribution >= 0.6 is 11.6 Å². The summed E-state index contributed by atoms with van der Waals surface area (Å²) in [6.45, 7) is 0. The van der Waals surface area contributed by atoms with Crippen LogP contribution in [0.4, 0.5) is 0 Å². The van der Waals surface area contributed by atoms with Crippen molar-refractivity contribution in [2.24, 2.45) is 29.4 Å². The van der Waals surface area contributed by atoms with Crippen LogP contribution in [0.25, 0.3) is 11.6 Å². The van der Waals surface area contributed by atoms with Crippen molar-refractivity contribution in [2.45, 2.75) is 17.7 Å². The number of carbonyl (C=O) groups is 5. The number of phenolic OH excluding ortho intramolecular Hbond substituents is 1. The highest BCUT2D eigenvalue weighted by Crippen LogP contribution is 2.54. The van der Waals surface area contributed by atoms with Crippen LogP contribution in [0.2, 0.25) is 5.02 Å². The number of likely N-dealkylation sites (N-methyl/N-ethyl adjacent to an activating group) is 1. The molecule has 5 rings (SSSR count). The molecule has 2 aromatic carbocycles. The summed E-state index contributed by atoms with van der Waals surface area (Å²) >= 11 is 6.16. The largest absolute Gasteiger partial charge is 0.507 e. The fourth-order valence-electron chi connectivity index (χ4n) is 6.45. The fourth-order valence-corrected chi connectivity index (χ4v) is 6.64. The standard InChI is InChI=1S/C28H25ClN2O8/c1-31(2)21-20-23(34)17-14(10-11-5-3-6-12(29)9-11)13-7-4-8-15(32)16(13)22(33)18(17)25(36)28(20,39)26(37)19(24(21)35)27(30)38/h3-10,17-21,23,32,34,39H,1-2H3,(H2,30,38). The molecule has 7 unspecified atom stereocenters. The van der Waals surface area contributed by atoms with E-state index < -0.39 is 76.2 Å². The third-order valence-corrected chi connectivity index (χ3v) is 8.28. The quantitative estimate of drug-likeness (QED) is 0.395. The molecule has 5 N–H and O–H groups in total. The predicted octanol–water partition coefficient (Wildman–Crippen LogP) is 0.489. The molecular weight excluding hydrogens is 528 g/mol. The lowest BCUT2D eigenvalue weighted by Gasteiger charge is -2.55. The molecule has 0 heterocycles. The van der Waals surface area contributed by atoms with E-state index in [1.807, 2.05) is 0 Å². The number of phenols is 1. The number of nitrogens with zero attached hydrogens (tertiary/aromatic N) is 1. The molecule has 11 heteroatoms. The number of hydrogen-bond acceptors (Lipinski definition) is 9. The summed E-state index contributed by atoms with van der Waals surface area (Å²) in [6, 6.07) is 9.47. The normalized spacial score (nSPS) is 33.1. The molecule has 0 saturated heterocycles. The molecule has 0 bridgehead atoms. The van der Waals surface area contributed by atoms with Crippen molar-refractivity contribution in [3.8, 4) is 5.75 Å². The Morgan fingerprint density at radius 1 is 1.08 bits per heavy atom. The SMILES string of the molecule is CN(C)C1C(=O)C(C(N)=O)C(=O)C2(O)C(=O)C3C(=O)c4c(O)cccc4C(=Cc4cccc(Cl)c4)C3C(O)C12. The first-order valence-electron chi connectivity index (χ1n) is 12.1. The van der Waals surface area contributed by atoms with Crippen LogP contribution in [-0.4, -0.2) is 81.1 Å². The summed E-state index contributed by atoms with van der Waals surface area (Å²) in [5.74, 6) is -13.4. The Morgan fingerprint density at radius 2 is 1.74 bits per heavy atom. The number of aliphatic hydroxyl groups excluding tert-OH is 1. The van der Waals surface area contributed by atoms with Crippen LogP contribution in [-0.2, 0) is 19.2 Å². The highest BCUT2D eigenvalue weighted by Gasteiger charge is 2.72. The lowest BCUT2D eigenvalue weighted by Crippen LogP contribution is -2.77. The number of halogens is 1. The van der Waals surface area contributed by atoms with Gasteiger partial charge in [0.1, 0.15) is 5.75 Å². The summed E-state index contributed by atoms with van der Waals surface area (Å²) in [6.07, 6.45) is -0.185. The molecule has 1 amide bonds. The topological polar surface area (TPSA) is 175 Å². The number of carbonyl (C=O) groups excluding carboxylic acids is 5. The Bertz CT molecular complexity index is 1500. The van der Waals surface area contributed by atoms with Gasteiger partial charge in [-0.05, 0) is 49.0 Å². The molecule has 0 aromatic heterocycles. The number of primary amides is 1. The molecule has 39 heavy (non-hydrogen) atoms. The van der Waals surface area contributed by atoms with E-state index in [-0.39, 0.29) is 16.7 Å². The van der Waals surface area contributed by atoms with Gasteiger partial charge in [-0.1, -0.05) is 41.9 Å². The molecule has 202 valence electrons. The molecule has 0 radical (unpaired) electrons. The minimum atomic E-state index is -3.07. The third-order valence-electron chi connectivity index (χ3n) is 8.04. The van der Waals surface area contributed by atoms with E-state index in [0.717, 1.165) is 0 Å². The van der Waals surface area contributed by atoms with Crippen molar-refractivity contribution in [1.82, 2.24) is 4.90 Å². The van der Waals surface area contributed by atoms with Crippen LogP contribution in [0.1, 0.15) is 21.5 Å². The van der Waals surface area contributed by atoms with Crippen molar-refractivity contribution in [3.05, 3.63) is 64.2 Å². The van der Waals surface area contributed by atoms with Gasteiger partial charge in [-0.25, -0.2) is 0 Å².